The summed E-state index contributed by atoms with van der Waals surface area (Å²) in [5.74, 6) is 1.64. The Morgan fingerprint density at radius 1 is 1.36 bits per heavy atom. The zero-order valence-electron chi connectivity index (χ0n) is 15.4. The SMILES string of the molecule is CC(C)c1nnc(SCC(=O)N(C)C2(C#N)CCCCC2)n1C1CC1. The van der Waals surface area contributed by atoms with Crippen LogP contribution in [0.3, 0.4) is 0 Å². The van der Waals surface area contributed by atoms with Crippen LogP contribution in [0, 0.1) is 11.3 Å². The minimum Gasteiger partial charge on any atom is -0.326 e. The van der Waals surface area contributed by atoms with E-state index in [4.69, 9.17) is 0 Å². The lowest BCUT2D eigenvalue weighted by molar-refractivity contribution is -0.131. The van der Waals surface area contributed by atoms with E-state index in [9.17, 15) is 10.1 Å². The first kappa shape index (κ1) is 18.2. The fourth-order valence-electron chi connectivity index (χ4n) is 3.58. The lowest BCUT2D eigenvalue weighted by Crippen LogP contribution is -2.50. The van der Waals surface area contributed by atoms with Crippen molar-refractivity contribution in [2.24, 2.45) is 0 Å². The van der Waals surface area contributed by atoms with Crippen molar-refractivity contribution in [1.29, 1.82) is 5.26 Å². The van der Waals surface area contributed by atoms with Gasteiger partial charge in [-0.15, -0.1) is 10.2 Å². The molecule has 0 spiro atoms. The van der Waals surface area contributed by atoms with E-state index in [0.29, 0.717) is 17.7 Å². The van der Waals surface area contributed by atoms with Crippen molar-refractivity contribution in [1.82, 2.24) is 19.7 Å². The molecule has 1 aromatic rings. The first-order chi connectivity index (χ1) is 12.0. The number of nitrogens with zero attached hydrogens (tertiary/aromatic N) is 5. The van der Waals surface area contributed by atoms with Crippen LogP contribution in [0.4, 0.5) is 0 Å². The molecule has 0 aliphatic heterocycles. The van der Waals surface area contributed by atoms with Gasteiger partial charge in [0, 0.05) is 19.0 Å². The number of carbonyl (C=O) groups excluding carboxylic acids is 1. The van der Waals surface area contributed by atoms with Gasteiger partial charge in [-0.25, -0.2) is 0 Å². The van der Waals surface area contributed by atoms with Gasteiger partial charge in [0.05, 0.1) is 11.8 Å². The molecule has 0 radical (unpaired) electrons. The number of carbonyl (C=O) groups is 1. The smallest absolute Gasteiger partial charge is 0.234 e. The second-order valence-electron chi connectivity index (χ2n) is 7.54. The average molecular weight is 362 g/mol. The van der Waals surface area contributed by atoms with Crippen LogP contribution in [0.15, 0.2) is 5.16 Å². The maximum atomic E-state index is 12.7. The highest BCUT2D eigenvalue weighted by Crippen LogP contribution is 2.40. The number of aromatic nitrogens is 3. The fourth-order valence-corrected chi connectivity index (χ4v) is 4.50. The summed E-state index contributed by atoms with van der Waals surface area (Å²) in [5, 5.41) is 19.1. The fraction of sp³-hybridized carbons (Fsp3) is 0.778. The number of thioether (sulfide) groups is 1. The summed E-state index contributed by atoms with van der Waals surface area (Å²) in [6.07, 6.45) is 7.09. The second kappa shape index (κ2) is 7.36. The van der Waals surface area contributed by atoms with Crippen molar-refractivity contribution in [2.75, 3.05) is 12.8 Å². The molecule has 136 valence electrons. The third-order valence-electron chi connectivity index (χ3n) is 5.35. The van der Waals surface area contributed by atoms with Gasteiger partial charge in [0.1, 0.15) is 11.4 Å². The first-order valence-corrected chi connectivity index (χ1v) is 10.2. The molecule has 6 nitrogen and oxygen atoms in total. The van der Waals surface area contributed by atoms with Crippen molar-refractivity contribution in [3.05, 3.63) is 5.82 Å². The minimum atomic E-state index is -0.622. The summed E-state index contributed by atoms with van der Waals surface area (Å²) in [6, 6.07) is 2.91. The molecule has 2 saturated carbocycles. The molecule has 1 heterocycles. The standard InChI is InChI=1S/C18H27N5OS/c1-13(2)16-20-21-17(23(16)14-7-8-14)25-11-15(24)22(3)18(12-19)9-5-4-6-10-18/h13-14H,4-11H2,1-3H3. The lowest BCUT2D eigenvalue weighted by atomic mass is 9.81. The van der Waals surface area contributed by atoms with E-state index in [1.165, 1.54) is 11.8 Å². The number of hydrogen-bond acceptors (Lipinski definition) is 5. The van der Waals surface area contributed by atoms with Crippen LogP contribution in [-0.4, -0.2) is 43.9 Å². The number of amides is 1. The molecule has 0 unspecified atom stereocenters. The van der Waals surface area contributed by atoms with Crippen molar-refractivity contribution in [3.63, 3.8) is 0 Å². The van der Waals surface area contributed by atoms with Gasteiger partial charge in [0.25, 0.3) is 0 Å². The quantitative estimate of drug-likeness (QED) is 0.725. The predicted molar refractivity (Wildman–Crippen MR) is 97.3 cm³/mol. The molecule has 1 aromatic heterocycles. The molecule has 1 amide bonds. The Balaban J connectivity index is 1.67. The van der Waals surface area contributed by atoms with E-state index >= 15 is 0 Å². The van der Waals surface area contributed by atoms with E-state index < -0.39 is 5.54 Å². The molecule has 0 bridgehead atoms. The average Bonchev–Trinajstić information content (AvgIpc) is 3.38. The Kier molecular flexibility index (Phi) is 5.38. The number of hydrogen-bond donors (Lipinski definition) is 0. The van der Waals surface area contributed by atoms with Gasteiger partial charge in [-0.05, 0) is 25.7 Å². The van der Waals surface area contributed by atoms with Crippen LogP contribution >= 0.6 is 11.8 Å². The highest BCUT2D eigenvalue weighted by molar-refractivity contribution is 7.99. The van der Waals surface area contributed by atoms with Crippen LogP contribution in [0.2, 0.25) is 0 Å². The van der Waals surface area contributed by atoms with E-state index in [1.807, 2.05) is 0 Å². The van der Waals surface area contributed by atoms with Crippen LogP contribution in [0.5, 0.6) is 0 Å². The summed E-state index contributed by atoms with van der Waals surface area (Å²) in [6.45, 7) is 4.24. The third kappa shape index (κ3) is 3.69. The van der Waals surface area contributed by atoms with Crippen molar-refractivity contribution < 1.29 is 4.79 Å². The molecular weight excluding hydrogens is 334 g/mol. The summed E-state index contributed by atoms with van der Waals surface area (Å²) >= 11 is 1.45. The third-order valence-corrected chi connectivity index (χ3v) is 6.28. The molecule has 0 atom stereocenters. The minimum absolute atomic E-state index is 0.00453. The van der Waals surface area contributed by atoms with Crippen molar-refractivity contribution >= 4 is 17.7 Å². The Bertz CT molecular complexity index is 667. The molecule has 25 heavy (non-hydrogen) atoms. The zero-order chi connectivity index (χ0) is 18.0. The lowest BCUT2D eigenvalue weighted by Gasteiger charge is -2.39. The van der Waals surface area contributed by atoms with Crippen LogP contribution in [0.25, 0.3) is 0 Å². The highest BCUT2D eigenvalue weighted by atomic mass is 32.2. The monoisotopic (exact) mass is 361 g/mol. The van der Waals surface area contributed by atoms with Crippen LogP contribution in [0.1, 0.15) is 76.6 Å². The molecule has 0 saturated heterocycles. The van der Waals surface area contributed by atoms with Crippen LogP contribution in [-0.2, 0) is 4.79 Å². The van der Waals surface area contributed by atoms with Crippen molar-refractivity contribution in [2.45, 2.75) is 81.4 Å². The Morgan fingerprint density at radius 2 is 2.04 bits per heavy atom. The van der Waals surface area contributed by atoms with Gasteiger partial charge in [-0.3, -0.25) is 4.79 Å². The molecule has 3 rings (SSSR count). The Hall–Kier alpha value is -1.55. The molecule has 2 fully saturated rings. The van der Waals surface area contributed by atoms with Crippen molar-refractivity contribution in [3.8, 4) is 6.07 Å². The predicted octanol–water partition coefficient (Wildman–Crippen LogP) is 3.51. The van der Waals surface area contributed by atoms with E-state index in [-0.39, 0.29) is 5.91 Å². The summed E-state index contributed by atoms with van der Waals surface area (Å²) in [7, 11) is 1.78. The first-order valence-electron chi connectivity index (χ1n) is 9.24. The molecule has 2 aliphatic carbocycles. The van der Waals surface area contributed by atoms with Gasteiger partial charge < -0.3 is 9.47 Å². The second-order valence-corrected chi connectivity index (χ2v) is 8.48. The number of nitriles is 1. The van der Waals surface area contributed by atoms with E-state index in [1.54, 1.807) is 11.9 Å². The molecule has 0 aromatic carbocycles. The van der Waals surface area contributed by atoms with Gasteiger partial charge in [-0.1, -0.05) is 44.9 Å². The zero-order valence-corrected chi connectivity index (χ0v) is 16.2. The largest absolute Gasteiger partial charge is 0.326 e. The Labute approximate surface area is 154 Å². The molecular formula is C18H27N5OS. The van der Waals surface area contributed by atoms with Gasteiger partial charge in [0.15, 0.2) is 5.16 Å². The molecule has 7 heteroatoms. The number of rotatable bonds is 6. The van der Waals surface area contributed by atoms with Gasteiger partial charge >= 0.3 is 0 Å². The van der Waals surface area contributed by atoms with Gasteiger partial charge in [-0.2, -0.15) is 5.26 Å². The van der Waals surface area contributed by atoms with Crippen LogP contribution < -0.4 is 0 Å². The molecule has 0 N–H and O–H groups in total. The summed E-state index contributed by atoms with van der Waals surface area (Å²) in [4.78, 5) is 14.4. The van der Waals surface area contributed by atoms with E-state index in [2.05, 4.69) is 34.7 Å². The maximum absolute atomic E-state index is 12.7. The molecule has 2 aliphatic rings. The maximum Gasteiger partial charge on any atom is 0.234 e. The highest BCUT2D eigenvalue weighted by Gasteiger charge is 2.39. The van der Waals surface area contributed by atoms with Gasteiger partial charge in [0.2, 0.25) is 5.91 Å². The summed E-state index contributed by atoms with van der Waals surface area (Å²) < 4.78 is 2.21. The van der Waals surface area contributed by atoms with E-state index in [0.717, 1.165) is 55.9 Å². The summed E-state index contributed by atoms with van der Waals surface area (Å²) in [5.41, 5.74) is -0.622. The topological polar surface area (TPSA) is 74.8 Å². The Morgan fingerprint density at radius 3 is 2.60 bits per heavy atom. The normalized spacial score (nSPS) is 19.6.